The maximum atomic E-state index is 13.5. The lowest BCUT2D eigenvalue weighted by atomic mass is 9.85. The number of benzene rings is 1. The van der Waals surface area contributed by atoms with Gasteiger partial charge in [-0.05, 0) is 43.9 Å². The summed E-state index contributed by atoms with van der Waals surface area (Å²) in [4.78, 5) is 33.1. The van der Waals surface area contributed by atoms with Gasteiger partial charge in [-0.3, -0.25) is 9.59 Å². The maximum Gasteiger partial charge on any atom is 0.198 e. The predicted molar refractivity (Wildman–Crippen MR) is 110 cm³/mol. The first-order valence-electron chi connectivity index (χ1n) is 9.55. The fourth-order valence-corrected chi connectivity index (χ4v) is 6.00. The van der Waals surface area contributed by atoms with Crippen LogP contribution in [-0.2, 0) is 19.5 Å². The number of hydrogen-bond acceptors (Lipinski definition) is 7. The van der Waals surface area contributed by atoms with Crippen molar-refractivity contribution in [3.05, 3.63) is 39.6 Å². The standard InChI is InChI=1S/C21H26N2O5S/c1-12-11-14(20(25)19-16(23(3)4)7-6-8-17(19)24)13(2)18-15(22-28-5)9-10-29(26,27)21(12)18/h11H,6-10H2,1-5H3. The van der Waals surface area contributed by atoms with Crippen molar-refractivity contribution in [1.82, 2.24) is 4.90 Å². The van der Waals surface area contributed by atoms with Crippen LogP contribution in [0, 0.1) is 13.8 Å². The lowest BCUT2D eigenvalue weighted by molar-refractivity contribution is -0.115. The van der Waals surface area contributed by atoms with Gasteiger partial charge < -0.3 is 9.74 Å². The van der Waals surface area contributed by atoms with Crippen LogP contribution in [0.4, 0.5) is 0 Å². The molecule has 0 N–H and O–H groups in total. The molecule has 1 aliphatic carbocycles. The van der Waals surface area contributed by atoms with E-state index in [1.807, 2.05) is 19.0 Å². The smallest absolute Gasteiger partial charge is 0.198 e. The van der Waals surface area contributed by atoms with Gasteiger partial charge in [0.25, 0.3) is 0 Å². The Kier molecular flexibility index (Phi) is 5.67. The van der Waals surface area contributed by atoms with E-state index in [0.29, 0.717) is 47.2 Å². The van der Waals surface area contributed by atoms with E-state index in [1.54, 1.807) is 19.9 Å². The SMILES string of the molecule is CON=C1CCS(=O)(=O)c2c(C)cc(C(=O)C3=C(N(C)C)CCCC3=O)c(C)c21. The Labute approximate surface area is 171 Å². The largest absolute Gasteiger partial charge is 0.399 e. The fourth-order valence-electron chi connectivity index (χ4n) is 4.20. The Morgan fingerprint density at radius 1 is 1.17 bits per heavy atom. The van der Waals surface area contributed by atoms with Gasteiger partial charge in [0, 0.05) is 43.8 Å². The van der Waals surface area contributed by atoms with E-state index >= 15 is 0 Å². The first-order valence-corrected chi connectivity index (χ1v) is 11.2. The highest BCUT2D eigenvalue weighted by Gasteiger charge is 2.35. The molecule has 0 amide bonds. The molecule has 2 aliphatic rings. The molecule has 156 valence electrons. The third-order valence-electron chi connectivity index (χ3n) is 5.53. The number of carbonyl (C=O) groups excluding carboxylic acids is 2. The highest BCUT2D eigenvalue weighted by atomic mass is 32.2. The first kappa shape index (κ1) is 21.2. The van der Waals surface area contributed by atoms with Crippen molar-refractivity contribution < 1.29 is 22.8 Å². The Morgan fingerprint density at radius 2 is 1.86 bits per heavy atom. The number of fused-ring (bicyclic) bond motifs is 1. The summed E-state index contributed by atoms with van der Waals surface area (Å²) in [6.45, 7) is 3.38. The van der Waals surface area contributed by atoms with Gasteiger partial charge in [-0.1, -0.05) is 5.16 Å². The summed E-state index contributed by atoms with van der Waals surface area (Å²) in [5, 5.41) is 4.02. The first-order chi connectivity index (χ1) is 13.6. The molecule has 0 saturated heterocycles. The predicted octanol–water partition coefficient (Wildman–Crippen LogP) is 2.58. The van der Waals surface area contributed by atoms with Crippen LogP contribution in [-0.4, -0.2) is 57.6 Å². The number of oxime groups is 1. The second-order valence-corrected chi connectivity index (χ2v) is 9.73. The molecule has 1 aromatic rings. The average molecular weight is 419 g/mol. The Hall–Kier alpha value is -2.48. The van der Waals surface area contributed by atoms with Crippen LogP contribution in [0.3, 0.4) is 0 Å². The molecule has 0 fully saturated rings. The quantitative estimate of drug-likeness (QED) is 0.424. The van der Waals surface area contributed by atoms with Gasteiger partial charge >= 0.3 is 0 Å². The zero-order valence-corrected chi connectivity index (χ0v) is 18.3. The molecule has 0 atom stereocenters. The average Bonchev–Trinajstić information content (AvgIpc) is 2.65. The number of allylic oxidation sites excluding steroid dienone is 2. The van der Waals surface area contributed by atoms with Crippen LogP contribution in [0.2, 0.25) is 0 Å². The number of ketones is 2. The number of sulfone groups is 1. The summed E-state index contributed by atoms with van der Waals surface area (Å²) < 4.78 is 25.4. The summed E-state index contributed by atoms with van der Waals surface area (Å²) in [5.74, 6) is -0.579. The number of Topliss-reactive ketones (excluding diaryl/α,β-unsaturated/α-hetero) is 2. The van der Waals surface area contributed by atoms with E-state index in [0.717, 1.165) is 5.70 Å². The number of hydrogen-bond donors (Lipinski definition) is 0. The zero-order chi connectivity index (χ0) is 21.5. The lowest BCUT2D eigenvalue weighted by Gasteiger charge is -2.27. The summed E-state index contributed by atoms with van der Waals surface area (Å²) in [6.07, 6.45) is 1.93. The molecule has 1 heterocycles. The summed E-state index contributed by atoms with van der Waals surface area (Å²) in [7, 11) is 1.56. The molecule has 3 rings (SSSR count). The minimum Gasteiger partial charge on any atom is -0.399 e. The Morgan fingerprint density at radius 3 is 2.48 bits per heavy atom. The van der Waals surface area contributed by atoms with E-state index in [2.05, 4.69) is 5.16 Å². The normalized spacial score (nSPS) is 19.9. The molecular weight excluding hydrogens is 392 g/mol. The molecule has 0 radical (unpaired) electrons. The molecule has 1 aliphatic heterocycles. The molecule has 7 nitrogen and oxygen atoms in total. The molecule has 1 aromatic carbocycles. The molecule has 0 aromatic heterocycles. The number of nitrogens with zero attached hydrogens (tertiary/aromatic N) is 2. The fraction of sp³-hybridized carbons (Fsp3) is 0.476. The van der Waals surface area contributed by atoms with Crippen LogP contribution < -0.4 is 0 Å². The number of rotatable bonds is 4. The van der Waals surface area contributed by atoms with Crippen molar-refractivity contribution in [2.75, 3.05) is 27.0 Å². The monoisotopic (exact) mass is 418 g/mol. The lowest BCUT2D eigenvalue weighted by Crippen LogP contribution is -2.29. The highest BCUT2D eigenvalue weighted by Crippen LogP contribution is 2.35. The van der Waals surface area contributed by atoms with Gasteiger partial charge in [0.2, 0.25) is 0 Å². The minimum absolute atomic E-state index is 0.0514. The van der Waals surface area contributed by atoms with E-state index < -0.39 is 9.84 Å². The maximum absolute atomic E-state index is 13.5. The van der Waals surface area contributed by atoms with E-state index in [4.69, 9.17) is 4.84 Å². The summed E-state index contributed by atoms with van der Waals surface area (Å²) in [5.41, 5.74) is 3.19. The Balaban J connectivity index is 2.29. The molecule has 0 spiro atoms. The van der Waals surface area contributed by atoms with E-state index in [-0.39, 0.29) is 34.2 Å². The zero-order valence-electron chi connectivity index (χ0n) is 17.5. The van der Waals surface area contributed by atoms with Gasteiger partial charge in [0.15, 0.2) is 21.4 Å². The van der Waals surface area contributed by atoms with Gasteiger partial charge in [0.1, 0.15) is 7.11 Å². The molecular formula is C21H26N2O5S. The van der Waals surface area contributed by atoms with Crippen LogP contribution in [0.1, 0.15) is 52.7 Å². The van der Waals surface area contributed by atoms with Crippen LogP contribution in [0.5, 0.6) is 0 Å². The van der Waals surface area contributed by atoms with Gasteiger partial charge in [0.05, 0.1) is 21.9 Å². The van der Waals surface area contributed by atoms with Crippen molar-refractivity contribution in [2.45, 2.75) is 44.4 Å². The molecule has 0 bridgehead atoms. The topological polar surface area (TPSA) is 93.1 Å². The van der Waals surface area contributed by atoms with Gasteiger partial charge in [-0.15, -0.1) is 0 Å². The van der Waals surface area contributed by atoms with Crippen molar-refractivity contribution in [3.8, 4) is 0 Å². The van der Waals surface area contributed by atoms with Crippen molar-refractivity contribution >= 4 is 27.1 Å². The minimum atomic E-state index is -3.48. The van der Waals surface area contributed by atoms with Crippen molar-refractivity contribution in [2.24, 2.45) is 5.16 Å². The third-order valence-corrected chi connectivity index (χ3v) is 7.42. The summed E-state index contributed by atoms with van der Waals surface area (Å²) >= 11 is 0. The highest BCUT2D eigenvalue weighted by molar-refractivity contribution is 7.91. The van der Waals surface area contributed by atoms with Crippen LogP contribution >= 0.6 is 0 Å². The van der Waals surface area contributed by atoms with Crippen molar-refractivity contribution in [1.29, 1.82) is 0 Å². The molecule has 0 unspecified atom stereocenters. The molecule has 0 saturated carbocycles. The molecule has 29 heavy (non-hydrogen) atoms. The van der Waals surface area contributed by atoms with Gasteiger partial charge in [-0.25, -0.2) is 8.42 Å². The van der Waals surface area contributed by atoms with E-state index in [9.17, 15) is 18.0 Å². The Bertz CT molecular complexity index is 1070. The van der Waals surface area contributed by atoms with E-state index in [1.165, 1.54) is 7.11 Å². The number of aryl methyl sites for hydroxylation is 1. The van der Waals surface area contributed by atoms with Gasteiger partial charge in [-0.2, -0.15) is 0 Å². The second kappa shape index (κ2) is 7.74. The number of carbonyl (C=O) groups is 2. The van der Waals surface area contributed by atoms with Crippen LogP contribution in [0.25, 0.3) is 0 Å². The van der Waals surface area contributed by atoms with Crippen LogP contribution in [0.15, 0.2) is 27.4 Å². The van der Waals surface area contributed by atoms with Crippen molar-refractivity contribution in [3.63, 3.8) is 0 Å². The third kappa shape index (κ3) is 3.61. The second-order valence-electron chi connectivity index (χ2n) is 7.68. The molecule has 8 heteroatoms. The summed E-state index contributed by atoms with van der Waals surface area (Å²) in [6, 6.07) is 1.59.